The molecule has 0 saturated carbocycles. The van der Waals surface area contributed by atoms with Crippen LogP contribution in [0.2, 0.25) is 0 Å². The molecule has 0 aliphatic carbocycles. The van der Waals surface area contributed by atoms with E-state index >= 15 is 8.78 Å². The van der Waals surface area contributed by atoms with Crippen LogP contribution in [0.15, 0.2) is 179 Å². The van der Waals surface area contributed by atoms with Gasteiger partial charge in [0.25, 0.3) is 0 Å². The van der Waals surface area contributed by atoms with Crippen molar-refractivity contribution in [3.63, 3.8) is 0 Å². The van der Waals surface area contributed by atoms with Crippen LogP contribution in [0.1, 0.15) is 52.7 Å². The highest BCUT2D eigenvalue weighted by molar-refractivity contribution is 6.27. The molecule has 4 nitrogen and oxygen atoms in total. The Morgan fingerprint density at radius 3 is 1.19 bits per heavy atom. The fourth-order valence-corrected chi connectivity index (χ4v) is 11.5. The first-order valence-corrected chi connectivity index (χ1v) is 23.3. The summed E-state index contributed by atoms with van der Waals surface area (Å²) >= 11 is 0. The summed E-state index contributed by atoms with van der Waals surface area (Å²) in [5.41, 5.74) is 12.9. The minimum absolute atomic E-state index is 0.351. The second-order valence-corrected chi connectivity index (χ2v) is 20.3. The molecule has 0 unspecified atom stereocenters. The van der Waals surface area contributed by atoms with Gasteiger partial charge in [0.05, 0.1) is 44.2 Å². The molecule has 13 aromatic rings. The van der Waals surface area contributed by atoms with E-state index in [1.807, 2.05) is 36.4 Å². The Hall–Kier alpha value is -7.96. The Morgan fingerprint density at radius 1 is 0.368 bits per heavy atom. The number of nitrogens with zero attached hydrogens (tertiary/aromatic N) is 2. The van der Waals surface area contributed by atoms with Crippen molar-refractivity contribution in [3.8, 4) is 33.6 Å². The minimum atomic E-state index is -0.591. The zero-order chi connectivity index (χ0) is 46.4. The van der Waals surface area contributed by atoms with E-state index in [0.717, 1.165) is 121 Å². The maximum Gasteiger partial charge on any atom is 0.137 e. The van der Waals surface area contributed by atoms with Crippen molar-refractivity contribution < 1.29 is 17.6 Å². The van der Waals surface area contributed by atoms with Crippen molar-refractivity contribution in [2.75, 3.05) is 0 Å². The van der Waals surface area contributed by atoms with Gasteiger partial charge in [0.2, 0.25) is 0 Å². The average Bonchev–Trinajstić information content (AvgIpc) is 4.07. The third-order valence-electron chi connectivity index (χ3n) is 14.0. The van der Waals surface area contributed by atoms with E-state index in [4.69, 9.17) is 8.83 Å². The molecule has 330 valence electrons. The summed E-state index contributed by atoms with van der Waals surface area (Å²) in [6.07, 6.45) is 0. The third-order valence-corrected chi connectivity index (χ3v) is 14.0. The van der Waals surface area contributed by atoms with Gasteiger partial charge in [-0.3, -0.25) is 0 Å². The highest BCUT2D eigenvalue weighted by Gasteiger charge is 2.39. The lowest BCUT2D eigenvalue weighted by Gasteiger charge is -2.38. The second-order valence-electron chi connectivity index (χ2n) is 20.3. The van der Waals surface area contributed by atoms with E-state index in [0.29, 0.717) is 11.1 Å². The molecule has 0 atom stereocenters. The van der Waals surface area contributed by atoms with Gasteiger partial charge in [-0.15, -0.1) is 0 Å². The first kappa shape index (κ1) is 40.3. The van der Waals surface area contributed by atoms with Crippen LogP contribution in [0, 0.1) is 11.6 Å². The summed E-state index contributed by atoms with van der Waals surface area (Å²) in [6.45, 7) is 13.6. The van der Waals surface area contributed by atoms with E-state index < -0.39 is 10.8 Å². The maximum absolute atomic E-state index is 16.3. The summed E-state index contributed by atoms with van der Waals surface area (Å²) in [4.78, 5) is 0. The minimum Gasteiger partial charge on any atom is -0.456 e. The Balaban J connectivity index is 1.39. The molecule has 9 aromatic carbocycles. The Bertz CT molecular complexity index is 4170. The van der Waals surface area contributed by atoms with Crippen LogP contribution < -0.4 is 0 Å². The molecule has 0 amide bonds. The van der Waals surface area contributed by atoms with E-state index in [9.17, 15) is 0 Å². The molecular weight excluding hydrogens is 843 g/mol. The fourth-order valence-electron chi connectivity index (χ4n) is 11.5. The topological polar surface area (TPSA) is 36.1 Å². The largest absolute Gasteiger partial charge is 0.456 e. The highest BCUT2D eigenvalue weighted by atomic mass is 19.1. The molecule has 4 heterocycles. The molecule has 0 bridgehead atoms. The Labute approximate surface area is 391 Å². The molecule has 6 heteroatoms. The van der Waals surface area contributed by atoms with Crippen molar-refractivity contribution in [3.05, 3.63) is 193 Å². The molecule has 68 heavy (non-hydrogen) atoms. The highest BCUT2D eigenvalue weighted by Crippen LogP contribution is 2.56. The predicted molar refractivity (Wildman–Crippen MR) is 278 cm³/mol. The van der Waals surface area contributed by atoms with E-state index in [-0.39, 0.29) is 11.6 Å². The van der Waals surface area contributed by atoms with E-state index in [1.54, 1.807) is 24.3 Å². The molecule has 0 aliphatic rings. The lowest BCUT2D eigenvalue weighted by Crippen LogP contribution is -2.26. The fraction of sp³-hybridized carbons (Fsp3) is 0.129. The second kappa shape index (κ2) is 14.3. The van der Waals surface area contributed by atoms with Gasteiger partial charge in [-0.2, -0.15) is 0 Å². The van der Waals surface area contributed by atoms with Crippen molar-refractivity contribution in [1.82, 2.24) is 9.13 Å². The number of hydrogen-bond acceptors (Lipinski definition) is 2. The first-order chi connectivity index (χ1) is 32.9. The lowest BCUT2D eigenvalue weighted by molar-refractivity contribution is 0.565. The first-order valence-electron chi connectivity index (χ1n) is 23.3. The maximum atomic E-state index is 16.3. The summed E-state index contributed by atoms with van der Waals surface area (Å²) in [7, 11) is 0. The molecule has 4 aromatic heterocycles. The summed E-state index contributed by atoms with van der Waals surface area (Å²) in [6, 6.07) is 56.0. The van der Waals surface area contributed by atoms with Crippen molar-refractivity contribution in [2.24, 2.45) is 0 Å². The molecule has 0 aliphatic heterocycles. The van der Waals surface area contributed by atoms with Crippen LogP contribution in [0.3, 0.4) is 0 Å². The van der Waals surface area contributed by atoms with Crippen molar-refractivity contribution in [2.45, 2.75) is 52.4 Å². The SMILES string of the molecule is CC(C)(C)c1c(-c2cccc(F)c2)c(-n2c3ccccc3c3ccc4oc5ccccc5c4c32)c(-c2cccc(F)c2)c(C(C)(C)C)c1-n1c2ccccc2c2ccc3oc4ccccc4c3c21. The molecule has 0 saturated heterocycles. The van der Waals surface area contributed by atoms with Gasteiger partial charge < -0.3 is 18.0 Å². The third kappa shape index (κ3) is 5.70. The van der Waals surface area contributed by atoms with Gasteiger partial charge in [-0.25, -0.2) is 8.78 Å². The van der Waals surface area contributed by atoms with Crippen LogP contribution >= 0.6 is 0 Å². The number of rotatable bonds is 4. The van der Waals surface area contributed by atoms with Gasteiger partial charge in [0.1, 0.15) is 34.0 Å². The Morgan fingerprint density at radius 2 is 0.765 bits per heavy atom. The number of aromatic nitrogens is 2. The summed E-state index contributed by atoms with van der Waals surface area (Å²) in [5.74, 6) is -0.702. The summed E-state index contributed by atoms with van der Waals surface area (Å²) in [5, 5.41) is 8.26. The number of para-hydroxylation sites is 4. The van der Waals surface area contributed by atoms with Crippen LogP contribution in [-0.2, 0) is 10.8 Å². The van der Waals surface area contributed by atoms with Crippen LogP contribution in [-0.4, -0.2) is 9.13 Å². The number of halogens is 2. The normalized spacial score (nSPS) is 12.7. The molecule has 0 radical (unpaired) electrons. The van der Waals surface area contributed by atoms with E-state index in [2.05, 4.69) is 148 Å². The molecule has 0 spiro atoms. The monoisotopic (exact) mass is 888 g/mol. The predicted octanol–water partition coefficient (Wildman–Crippen LogP) is 17.9. The quantitative estimate of drug-likeness (QED) is 0.176. The van der Waals surface area contributed by atoms with Gasteiger partial charge >= 0.3 is 0 Å². The average molecular weight is 889 g/mol. The van der Waals surface area contributed by atoms with Crippen LogP contribution in [0.25, 0.3) is 121 Å². The van der Waals surface area contributed by atoms with Crippen molar-refractivity contribution >= 4 is 87.5 Å². The zero-order valence-electron chi connectivity index (χ0n) is 38.6. The zero-order valence-corrected chi connectivity index (χ0v) is 38.6. The summed E-state index contributed by atoms with van der Waals surface area (Å²) < 4.78 is 50.8. The van der Waals surface area contributed by atoms with Gasteiger partial charge in [0.15, 0.2) is 0 Å². The standard InChI is InChI=1S/C62H46F2N2O2/c1-61(2,3)55-51(35-17-15-19-37(63)33-35)59(65-45-25-11-7-21-39(45)41-29-31-49-53(57(41)65)43-23-9-13-27-47(43)67-49)52(36-18-16-20-38(64)34-36)56(62(4,5)6)60(55)66-46-26-12-8-22-40(46)42-30-32-50-54(58(42)66)44-24-10-14-28-48(44)68-50/h7-34H,1-6H3. The van der Waals surface area contributed by atoms with Crippen LogP contribution in [0.5, 0.6) is 0 Å². The number of fused-ring (bicyclic) bond motifs is 14. The molecule has 13 rings (SSSR count). The van der Waals surface area contributed by atoms with Gasteiger partial charge in [-0.05, 0) is 106 Å². The number of furan rings is 2. The lowest BCUT2D eigenvalue weighted by atomic mass is 9.71. The van der Waals surface area contributed by atoms with E-state index in [1.165, 1.54) is 12.1 Å². The van der Waals surface area contributed by atoms with Gasteiger partial charge in [-0.1, -0.05) is 139 Å². The van der Waals surface area contributed by atoms with Gasteiger partial charge in [0, 0.05) is 43.4 Å². The van der Waals surface area contributed by atoms with Crippen molar-refractivity contribution in [1.29, 1.82) is 0 Å². The number of benzene rings is 9. The smallest absolute Gasteiger partial charge is 0.137 e. The molecular formula is C62H46F2N2O2. The number of hydrogen-bond donors (Lipinski definition) is 0. The molecule has 0 fully saturated rings. The Kier molecular flexibility index (Phi) is 8.46. The molecule has 0 N–H and O–H groups in total. The van der Waals surface area contributed by atoms with Crippen LogP contribution in [0.4, 0.5) is 8.78 Å².